The van der Waals surface area contributed by atoms with Crippen LogP contribution in [0, 0.1) is 5.41 Å². The number of hydrogen-bond acceptors (Lipinski definition) is 2. The molecular formula is C27H23Cl2NO2. The zero-order valence-electron chi connectivity index (χ0n) is 18.0. The zero-order chi connectivity index (χ0) is 22.6. The van der Waals surface area contributed by atoms with Gasteiger partial charge in [0.05, 0.1) is 5.69 Å². The van der Waals surface area contributed by atoms with Gasteiger partial charge in [-0.05, 0) is 41.0 Å². The van der Waals surface area contributed by atoms with E-state index in [0.717, 1.165) is 22.2 Å². The molecule has 1 amide bonds. The second-order valence-electron chi connectivity index (χ2n) is 9.42. The van der Waals surface area contributed by atoms with Gasteiger partial charge in [0.25, 0.3) is 0 Å². The third-order valence-corrected chi connectivity index (χ3v) is 7.16. The number of benzene rings is 3. The number of carbonyl (C=O) groups is 2. The van der Waals surface area contributed by atoms with E-state index in [0.29, 0.717) is 34.0 Å². The summed E-state index contributed by atoms with van der Waals surface area (Å²) in [6.45, 7) is 4.15. The minimum atomic E-state index is -0.437. The number of hydrogen-bond donors (Lipinski definition) is 0. The van der Waals surface area contributed by atoms with E-state index in [-0.39, 0.29) is 23.5 Å². The van der Waals surface area contributed by atoms with Gasteiger partial charge in [-0.15, -0.1) is 0 Å². The van der Waals surface area contributed by atoms with Crippen LogP contribution in [-0.2, 0) is 9.59 Å². The number of amides is 1. The molecule has 1 unspecified atom stereocenters. The number of ketones is 1. The van der Waals surface area contributed by atoms with Crippen molar-refractivity contribution in [3.63, 3.8) is 0 Å². The minimum Gasteiger partial charge on any atom is -0.294 e. The maximum absolute atomic E-state index is 13.7. The minimum absolute atomic E-state index is 0.0495. The summed E-state index contributed by atoms with van der Waals surface area (Å²) in [6.07, 6.45) is 1.21. The van der Waals surface area contributed by atoms with E-state index in [1.165, 1.54) is 0 Å². The molecule has 1 aliphatic heterocycles. The Kier molecular flexibility index (Phi) is 5.15. The molecule has 2 aliphatic rings. The molecule has 0 spiro atoms. The quantitative estimate of drug-likeness (QED) is 0.399. The van der Waals surface area contributed by atoms with Gasteiger partial charge in [0, 0.05) is 45.5 Å². The molecule has 0 bridgehead atoms. The first-order valence-electron chi connectivity index (χ1n) is 10.8. The van der Waals surface area contributed by atoms with Crippen molar-refractivity contribution in [1.29, 1.82) is 0 Å². The summed E-state index contributed by atoms with van der Waals surface area (Å²) in [5, 5.41) is 3.01. The number of halogens is 2. The zero-order valence-corrected chi connectivity index (χ0v) is 19.5. The predicted octanol–water partition coefficient (Wildman–Crippen LogP) is 7.31. The van der Waals surface area contributed by atoms with Crippen LogP contribution >= 0.6 is 23.2 Å². The van der Waals surface area contributed by atoms with Crippen LogP contribution < -0.4 is 4.90 Å². The second-order valence-corrected chi connectivity index (χ2v) is 10.2. The first-order chi connectivity index (χ1) is 15.3. The van der Waals surface area contributed by atoms with Crippen LogP contribution in [0.3, 0.4) is 0 Å². The molecule has 3 aromatic carbocycles. The molecule has 32 heavy (non-hydrogen) atoms. The summed E-state index contributed by atoms with van der Waals surface area (Å²) < 4.78 is 0. The number of Topliss-reactive ketones (excluding diaryl/α,β-unsaturated/α-hetero) is 1. The SMILES string of the molecule is CC1(C)CC(=O)C2=C(C1)N(c1cccc3ccccc13)C(=O)CC2c1c(Cl)cccc1Cl. The summed E-state index contributed by atoms with van der Waals surface area (Å²) in [6, 6.07) is 19.3. The monoisotopic (exact) mass is 463 g/mol. The molecule has 0 radical (unpaired) electrons. The lowest BCUT2D eigenvalue weighted by Crippen LogP contribution is -2.43. The summed E-state index contributed by atoms with van der Waals surface area (Å²) in [5.74, 6) is -0.421. The highest BCUT2D eigenvalue weighted by molar-refractivity contribution is 6.36. The summed E-state index contributed by atoms with van der Waals surface area (Å²) in [4.78, 5) is 29.0. The number of rotatable bonds is 2. The van der Waals surface area contributed by atoms with E-state index >= 15 is 0 Å². The number of allylic oxidation sites excluding steroid dienone is 2. The highest BCUT2D eigenvalue weighted by atomic mass is 35.5. The van der Waals surface area contributed by atoms with Crippen molar-refractivity contribution in [2.75, 3.05) is 4.90 Å². The van der Waals surface area contributed by atoms with Crippen molar-refractivity contribution in [1.82, 2.24) is 0 Å². The predicted molar refractivity (Wildman–Crippen MR) is 130 cm³/mol. The Labute approximate surface area is 197 Å². The van der Waals surface area contributed by atoms with Crippen molar-refractivity contribution in [3.05, 3.63) is 87.5 Å². The third-order valence-electron chi connectivity index (χ3n) is 6.50. The maximum Gasteiger partial charge on any atom is 0.232 e. The summed E-state index contributed by atoms with van der Waals surface area (Å²) in [5.41, 5.74) is 2.69. The van der Waals surface area contributed by atoms with E-state index in [1.807, 2.05) is 42.5 Å². The van der Waals surface area contributed by atoms with Gasteiger partial charge in [-0.1, -0.05) is 79.5 Å². The molecule has 0 N–H and O–H groups in total. The Balaban J connectivity index is 1.78. The molecule has 162 valence electrons. The van der Waals surface area contributed by atoms with Crippen LogP contribution in [0.1, 0.15) is 44.6 Å². The Morgan fingerprint density at radius 2 is 1.53 bits per heavy atom. The highest BCUT2D eigenvalue weighted by Crippen LogP contribution is 2.50. The smallest absolute Gasteiger partial charge is 0.232 e. The van der Waals surface area contributed by atoms with Crippen molar-refractivity contribution in [3.8, 4) is 0 Å². The molecule has 3 nitrogen and oxygen atoms in total. The largest absolute Gasteiger partial charge is 0.294 e. The Morgan fingerprint density at radius 3 is 2.28 bits per heavy atom. The molecule has 1 aliphatic carbocycles. The topological polar surface area (TPSA) is 37.4 Å². The maximum atomic E-state index is 13.7. The van der Waals surface area contributed by atoms with Crippen molar-refractivity contribution in [2.45, 2.75) is 39.0 Å². The van der Waals surface area contributed by atoms with Crippen molar-refractivity contribution in [2.24, 2.45) is 5.41 Å². The fourth-order valence-electron chi connectivity index (χ4n) is 5.19. The average molecular weight is 464 g/mol. The van der Waals surface area contributed by atoms with Gasteiger partial charge in [0.1, 0.15) is 0 Å². The van der Waals surface area contributed by atoms with Gasteiger partial charge in [-0.3, -0.25) is 14.5 Å². The molecule has 5 heteroatoms. The lowest BCUT2D eigenvalue weighted by Gasteiger charge is -2.43. The highest BCUT2D eigenvalue weighted by Gasteiger charge is 2.45. The van der Waals surface area contributed by atoms with Crippen LogP contribution in [0.5, 0.6) is 0 Å². The van der Waals surface area contributed by atoms with Gasteiger partial charge in [-0.2, -0.15) is 0 Å². The first kappa shape index (κ1) is 21.2. The van der Waals surface area contributed by atoms with Crippen molar-refractivity contribution >= 4 is 51.4 Å². The van der Waals surface area contributed by atoms with Crippen LogP contribution in [0.15, 0.2) is 71.9 Å². The molecule has 0 fully saturated rings. The normalized spacial score (nSPS) is 20.6. The van der Waals surface area contributed by atoms with Crippen molar-refractivity contribution < 1.29 is 9.59 Å². The van der Waals surface area contributed by atoms with E-state index in [9.17, 15) is 9.59 Å². The van der Waals surface area contributed by atoms with E-state index in [4.69, 9.17) is 23.2 Å². The molecule has 0 saturated heterocycles. The van der Waals surface area contributed by atoms with Gasteiger partial charge < -0.3 is 0 Å². The van der Waals surface area contributed by atoms with Crippen LogP contribution in [0.2, 0.25) is 10.0 Å². The Morgan fingerprint density at radius 1 is 0.875 bits per heavy atom. The fraction of sp³-hybridized carbons (Fsp3) is 0.259. The van der Waals surface area contributed by atoms with Crippen LogP contribution in [-0.4, -0.2) is 11.7 Å². The molecule has 1 heterocycles. The van der Waals surface area contributed by atoms with E-state index in [2.05, 4.69) is 13.8 Å². The molecular weight excluding hydrogens is 441 g/mol. The van der Waals surface area contributed by atoms with Crippen LogP contribution in [0.4, 0.5) is 5.69 Å². The summed E-state index contributed by atoms with van der Waals surface area (Å²) in [7, 11) is 0. The summed E-state index contributed by atoms with van der Waals surface area (Å²) >= 11 is 13.1. The standard InChI is InChI=1S/C27H23Cl2NO2/c1-27(2)14-22-26(23(31)15-27)18(25-19(28)10-6-11-20(25)29)13-24(32)30(22)21-12-5-8-16-7-3-4-9-17(16)21/h3-12,18H,13-15H2,1-2H3. The lowest BCUT2D eigenvalue weighted by molar-refractivity contribution is -0.120. The molecule has 3 aromatic rings. The second kappa shape index (κ2) is 7.75. The Bertz CT molecular complexity index is 1280. The number of nitrogens with zero attached hydrogens (tertiary/aromatic N) is 1. The van der Waals surface area contributed by atoms with Gasteiger partial charge >= 0.3 is 0 Å². The average Bonchev–Trinajstić information content (AvgIpc) is 2.72. The molecule has 5 rings (SSSR count). The van der Waals surface area contributed by atoms with Gasteiger partial charge in [0.2, 0.25) is 5.91 Å². The fourth-order valence-corrected chi connectivity index (χ4v) is 5.85. The lowest BCUT2D eigenvalue weighted by atomic mass is 9.69. The molecule has 0 saturated carbocycles. The Hall–Kier alpha value is -2.62. The van der Waals surface area contributed by atoms with Crippen LogP contribution in [0.25, 0.3) is 10.8 Å². The van der Waals surface area contributed by atoms with Gasteiger partial charge in [-0.25, -0.2) is 0 Å². The van der Waals surface area contributed by atoms with Gasteiger partial charge in [0.15, 0.2) is 5.78 Å². The first-order valence-corrected chi connectivity index (χ1v) is 11.5. The van der Waals surface area contributed by atoms with E-state index in [1.54, 1.807) is 23.1 Å². The molecule has 0 aromatic heterocycles. The molecule has 1 atom stereocenters. The van der Waals surface area contributed by atoms with E-state index < -0.39 is 5.92 Å². The number of fused-ring (bicyclic) bond motifs is 1. The number of carbonyl (C=O) groups excluding carboxylic acids is 2. The number of anilines is 1. The third kappa shape index (κ3) is 3.44.